The third-order valence-electron chi connectivity index (χ3n) is 2.80. The Morgan fingerprint density at radius 3 is 2.93 bits per heavy atom. The quantitative estimate of drug-likeness (QED) is 0.696. The summed E-state index contributed by atoms with van der Waals surface area (Å²) in [5.74, 6) is 0.300. The summed E-state index contributed by atoms with van der Waals surface area (Å²) in [5, 5.41) is 0. The summed E-state index contributed by atoms with van der Waals surface area (Å²) in [6.07, 6.45) is 6.21. The zero-order valence-corrected chi connectivity index (χ0v) is 9.17. The highest BCUT2D eigenvalue weighted by molar-refractivity contribution is 5.76. The van der Waals surface area contributed by atoms with E-state index in [1.165, 1.54) is 6.42 Å². The number of unbranched alkanes of at least 4 members (excludes halogenated alkanes) is 2. The Balaban J connectivity index is 2.22. The highest BCUT2D eigenvalue weighted by Crippen LogP contribution is 2.11. The van der Waals surface area contributed by atoms with Crippen molar-refractivity contribution in [2.24, 2.45) is 5.73 Å². The fraction of sp³-hybridized carbons (Fsp3) is 0.909. The first kappa shape index (κ1) is 11.5. The summed E-state index contributed by atoms with van der Waals surface area (Å²) in [6.45, 7) is 3.84. The van der Waals surface area contributed by atoms with E-state index in [0.29, 0.717) is 12.3 Å². The van der Waals surface area contributed by atoms with Crippen molar-refractivity contribution in [3.63, 3.8) is 0 Å². The minimum atomic E-state index is 0.207. The van der Waals surface area contributed by atoms with Gasteiger partial charge in [0.2, 0.25) is 5.91 Å². The topological polar surface area (TPSA) is 46.3 Å². The van der Waals surface area contributed by atoms with Crippen LogP contribution in [-0.4, -0.2) is 29.9 Å². The summed E-state index contributed by atoms with van der Waals surface area (Å²) in [7, 11) is 0. The molecular formula is C11H22N2O. The lowest BCUT2D eigenvalue weighted by molar-refractivity contribution is -0.132. The van der Waals surface area contributed by atoms with Crippen molar-refractivity contribution < 1.29 is 4.79 Å². The summed E-state index contributed by atoms with van der Waals surface area (Å²) in [5.41, 5.74) is 5.82. The first-order valence-corrected chi connectivity index (χ1v) is 5.77. The van der Waals surface area contributed by atoms with Gasteiger partial charge in [-0.05, 0) is 19.3 Å². The predicted octanol–water partition coefficient (Wildman–Crippen LogP) is 1.52. The normalized spacial score (nSPS) is 22.4. The largest absolute Gasteiger partial charge is 0.341 e. The second-order valence-electron chi connectivity index (χ2n) is 4.20. The Hall–Kier alpha value is -0.570. The van der Waals surface area contributed by atoms with E-state index < -0.39 is 0 Å². The second kappa shape index (κ2) is 6.02. The molecule has 1 atom stereocenters. The van der Waals surface area contributed by atoms with E-state index in [4.69, 9.17) is 5.73 Å². The van der Waals surface area contributed by atoms with Crippen LogP contribution in [0.25, 0.3) is 0 Å². The Bertz CT molecular complexity index is 182. The molecule has 1 fully saturated rings. The van der Waals surface area contributed by atoms with E-state index in [-0.39, 0.29) is 6.04 Å². The second-order valence-corrected chi connectivity index (χ2v) is 4.20. The fourth-order valence-corrected chi connectivity index (χ4v) is 1.92. The summed E-state index contributed by atoms with van der Waals surface area (Å²) in [6, 6.07) is 0.207. The lowest BCUT2D eigenvalue weighted by Gasteiger charge is -2.30. The van der Waals surface area contributed by atoms with Crippen LogP contribution in [0, 0.1) is 0 Å². The molecule has 3 nitrogen and oxygen atoms in total. The van der Waals surface area contributed by atoms with E-state index >= 15 is 0 Å². The average Bonchev–Trinajstić information content (AvgIpc) is 2.18. The number of nitrogens with two attached hydrogens (primary N) is 1. The van der Waals surface area contributed by atoms with E-state index in [1.807, 2.05) is 4.90 Å². The number of carbonyl (C=O) groups is 1. The molecule has 0 aromatic rings. The van der Waals surface area contributed by atoms with E-state index in [1.54, 1.807) is 0 Å². The van der Waals surface area contributed by atoms with Crippen molar-refractivity contribution in [3.05, 3.63) is 0 Å². The van der Waals surface area contributed by atoms with Crippen LogP contribution in [0.5, 0.6) is 0 Å². The molecule has 1 aliphatic rings. The standard InChI is InChI=1S/C11H22N2O/c1-2-3-4-7-11(14)13-8-5-6-10(12)9-13/h10H,2-9,12H2,1H3/t10-/m1/s1. The number of rotatable bonds is 4. The van der Waals surface area contributed by atoms with Gasteiger partial charge >= 0.3 is 0 Å². The summed E-state index contributed by atoms with van der Waals surface area (Å²) >= 11 is 0. The lowest BCUT2D eigenvalue weighted by Crippen LogP contribution is -2.45. The Kier molecular flexibility index (Phi) is 4.94. The molecule has 1 aliphatic heterocycles. The molecule has 0 radical (unpaired) electrons. The van der Waals surface area contributed by atoms with Gasteiger partial charge in [-0.1, -0.05) is 19.8 Å². The smallest absolute Gasteiger partial charge is 0.222 e. The van der Waals surface area contributed by atoms with E-state index in [0.717, 1.165) is 38.8 Å². The van der Waals surface area contributed by atoms with Gasteiger partial charge in [0.25, 0.3) is 0 Å². The minimum Gasteiger partial charge on any atom is -0.341 e. The molecule has 1 saturated heterocycles. The third-order valence-corrected chi connectivity index (χ3v) is 2.80. The van der Waals surface area contributed by atoms with Crippen molar-refractivity contribution in [1.82, 2.24) is 4.90 Å². The highest BCUT2D eigenvalue weighted by Gasteiger charge is 2.20. The third kappa shape index (κ3) is 3.66. The van der Waals surface area contributed by atoms with Gasteiger partial charge in [0, 0.05) is 25.6 Å². The molecule has 0 bridgehead atoms. The molecule has 0 unspecified atom stereocenters. The molecule has 1 amide bonds. The van der Waals surface area contributed by atoms with Crippen molar-refractivity contribution >= 4 is 5.91 Å². The molecule has 2 N–H and O–H groups in total. The van der Waals surface area contributed by atoms with Gasteiger partial charge in [0.05, 0.1) is 0 Å². The predicted molar refractivity (Wildman–Crippen MR) is 57.9 cm³/mol. The molecular weight excluding hydrogens is 176 g/mol. The Morgan fingerprint density at radius 1 is 1.50 bits per heavy atom. The van der Waals surface area contributed by atoms with Crippen LogP contribution in [0.1, 0.15) is 45.4 Å². The number of carbonyl (C=O) groups excluding carboxylic acids is 1. The first-order valence-electron chi connectivity index (χ1n) is 5.77. The highest BCUT2D eigenvalue weighted by atomic mass is 16.2. The van der Waals surface area contributed by atoms with Gasteiger partial charge in [-0.25, -0.2) is 0 Å². The number of hydrogen-bond acceptors (Lipinski definition) is 2. The van der Waals surface area contributed by atoms with Crippen molar-refractivity contribution in [3.8, 4) is 0 Å². The Labute approximate surface area is 86.6 Å². The zero-order chi connectivity index (χ0) is 10.4. The molecule has 82 valence electrons. The van der Waals surface area contributed by atoms with Crippen LogP contribution in [0.4, 0.5) is 0 Å². The van der Waals surface area contributed by atoms with Gasteiger partial charge in [-0.15, -0.1) is 0 Å². The molecule has 1 rings (SSSR count). The van der Waals surface area contributed by atoms with Gasteiger partial charge in [-0.3, -0.25) is 4.79 Å². The summed E-state index contributed by atoms with van der Waals surface area (Å²) in [4.78, 5) is 13.6. The number of piperidine rings is 1. The van der Waals surface area contributed by atoms with Crippen LogP contribution in [0.15, 0.2) is 0 Å². The minimum absolute atomic E-state index is 0.207. The Morgan fingerprint density at radius 2 is 2.29 bits per heavy atom. The van der Waals surface area contributed by atoms with Crippen molar-refractivity contribution in [2.75, 3.05) is 13.1 Å². The molecule has 3 heteroatoms. The number of nitrogens with zero attached hydrogens (tertiary/aromatic N) is 1. The maximum atomic E-state index is 11.7. The van der Waals surface area contributed by atoms with Crippen molar-refractivity contribution in [2.45, 2.75) is 51.5 Å². The average molecular weight is 198 g/mol. The zero-order valence-electron chi connectivity index (χ0n) is 9.17. The maximum absolute atomic E-state index is 11.7. The lowest BCUT2D eigenvalue weighted by atomic mass is 10.1. The number of hydrogen-bond donors (Lipinski definition) is 1. The van der Waals surface area contributed by atoms with Crippen LogP contribution in [0.2, 0.25) is 0 Å². The summed E-state index contributed by atoms with van der Waals surface area (Å²) < 4.78 is 0. The van der Waals surface area contributed by atoms with Gasteiger partial charge in [0.15, 0.2) is 0 Å². The van der Waals surface area contributed by atoms with Crippen LogP contribution in [0.3, 0.4) is 0 Å². The van der Waals surface area contributed by atoms with E-state index in [9.17, 15) is 4.79 Å². The van der Waals surface area contributed by atoms with Gasteiger partial charge < -0.3 is 10.6 Å². The molecule has 0 aliphatic carbocycles. The van der Waals surface area contributed by atoms with Gasteiger partial charge in [-0.2, -0.15) is 0 Å². The molecule has 0 spiro atoms. The van der Waals surface area contributed by atoms with Gasteiger partial charge in [0.1, 0.15) is 0 Å². The molecule has 14 heavy (non-hydrogen) atoms. The van der Waals surface area contributed by atoms with Crippen LogP contribution < -0.4 is 5.73 Å². The molecule has 0 saturated carbocycles. The first-order chi connectivity index (χ1) is 6.74. The maximum Gasteiger partial charge on any atom is 0.222 e. The van der Waals surface area contributed by atoms with Crippen LogP contribution >= 0.6 is 0 Å². The van der Waals surface area contributed by atoms with Crippen LogP contribution in [-0.2, 0) is 4.79 Å². The van der Waals surface area contributed by atoms with Crippen molar-refractivity contribution in [1.29, 1.82) is 0 Å². The SMILES string of the molecule is CCCCCC(=O)N1CCC[C@@H](N)C1. The molecule has 1 heterocycles. The fourth-order valence-electron chi connectivity index (χ4n) is 1.92. The monoisotopic (exact) mass is 198 g/mol. The van der Waals surface area contributed by atoms with E-state index in [2.05, 4.69) is 6.92 Å². The number of amides is 1. The number of likely N-dealkylation sites (tertiary alicyclic amines) is 1. The molecule has 0 aromatic carbocycles. The molecule has 0 aromatic heterocycles.